The largest absolute Gasteiger partial charge is 0.312 e. The predicted molar refractivity (Wildman–Crippen MR) is 41.2 cm³/mol. The Morgan fingerprint density at radius 3 is 2.80 bits per heavy atom. The molecule has 0 heterocycles. The molecule has 0 aliphatic carbocycles. The Bertz CT molecular complexity index is 172. The van der Waals surface area contributed by atoms with Crippen molar-refractivity contribution in [2.45, 2.75) is 0 Å². The van der Waals surface area contributed by atoms with Gasteiger partial charge >= 0.3 is 0 Å². The van der Waals surface area contributed by atoms with Crippen molar-refractivity contribution in [2.24, 2.45) is 15.7 Å². The summed E-state index contributed by atoms with van der Waals surface area (Å²) in [6.07, 6.45) is 3.29. The Hall–Kier alpha value is -1.29. The summed E-state index contributed by atoms with van der Waals surface area (Å²) in [6, 6.07) is 0. The number of carbonyl (C=O) groups excluding carboxylic acids is 1. The minimum atomic E-state index is 0.169. The quantitative estimate of drug-likeness (QED) is 0.331. The monoisotopic (exact) mass is 139 g/mol. The van der Waals surface area contributed by atoms with Gasteiger partial charge in [0.05, 0.1) is 12.2 Å². The van der Waals surface area contributed by atoms with E-state index >= 15 is 0 Å². The minimum Gasteiger partial charge on any atom is -0.312 e. The summed E-state index contributed by atoms with van der Waals surface area (Å²) in [7, 11) is 0. The van der Waals surface area contributed by atoms with Crippen LogP contribution in [-0.4, -0.2) is 25.9 Å². The summed E-state index contributed by atoms with van der Waals surface area (Å²) >= 11 is 0. The van der Waals surface area contributed by atoms with Crippen molar-refractivity contribution in [1.82, 2.24) is 0 Å². The Morgan fingerprint density at radius 2 is 2.40 bits per heavy atom. The number of nitrogens with two attached hydrogens (primary N) is 1. The molecule has 0 saturated carbocycles. The van der Waals surface area contributed by atoms with Gasteiger partial charge in [-0.3, -0.25) is 14.8 Å². The second-order valence-corrected chi connectivity index (χ2v) is 1.42. The number of carbonyl (C=O) groups is 1. The summed E-state index contributed by atoms with van der Waals surface area (Å²) in [4.78, 5) is 17.1. The smallest absolute Gasteiger partial charge is 0.153 e. The fraction of sp³-hybridized carbons (Fsp3) is 0.167. The first-order valence-corrected chi connectivity index (χ1v) is 2.66. The van der Waals surface area contributed by atoms with E-state index in [-0.39, 0.29) is 6.67 Å². The summed E-state index contributed by atoms with van der Waals surface area (Å²) in [6.45, 7) is 3.35. The van der Waals surface area contributed by atoms with Gasteiger partial charge in [-0.05, 0) is 6.72 Å². The highest BCUT2D eigenvalue weighted by Gasteiger charge is 1.84. The SMILES string of the molecule is C=N/C=C(C=O)\C=N/CN. The summed E-state index contributed by atoms with van der Waals surface area (Å²) in [5.74, 6) is 0. The number of hydrogen-bond donors (Lipinski definition) is 1. The third-order valence-electron chi connectivity index (χ3n) is 0.722. The fourth-order valence-corrected chi connectivity index (χ4v) is 0.358. The molecule has 0 aromatic carbocycles. The van der Waals surface area contributed by atoms with E-state index in [1.807, 2.05) is 0 Å². The maximum atomic E-state index is 10.1. The predicted octanol–water partition coefficient (Wildman–Crippen LogP) is -0.243. The zero-order valence-corrected chi connectivity index (χ0v) is 5.53. The lowest BCUT2D eigenvalue weighted by Crippen LogP contribution is -1.95. The lowest BCUT2D eigenvalue weighted by atomic mass is 10.3. The van der Waals surface area contributed by atoms with E-state index in [1.165, 1.54) is 12.4 Å². The van der Waals surface area contributed by atoms with Gasteiger partial charge in [-0.15, -0.1) is 0 Å². The molecule has 54 valence electrons. The molecule has 0 bridgehead atoms. The fourth-order valence-electron chi connectivity index (χ4n) is 0.358. The lowest BCUT2D eigenvalue weighted by Gasteiger charge is -1.83. The van der Waals surface area contributed by atoms with Crippen LogP contribution in [0.25, 0.3) is 0 Å². The second-order valence-electron chi connectivity index (χ2n) is 1.42. The van der Waals surface area contributed by atoms with Gasteiger partial charge in [-0.25, -0.2) is 0 Å². The standard InChI is InChI=1S/C6H9N3O/c1-8-2-6(4-10)3-9-5-7/h2-4H,1,5,7H2/b6-2+,9-3-. The number of rotatable bonds is 4. The molecular formula is C6H9N3O. The summed E-state index contributed by atoms with van der Waals surface area (Å²) in [5.41, 5.74) is 5.40. The van der Waals surface area contributed by atoms with E-state index in [1.54, 1.807) is 0 Å². The van der Waals surface area contributed by atoms with Crippen LogP contribution < -0.4 is 5.73 Å². The van der Waals surface area contributed by atoms with Crippen molar-refractivity contribution in [3.05, 3.63) is 11.8 Å². The van der Waals surface area contributed by atoms with Crippen LogP contribution in [0.3, 0.4) is 0 Å². The second kappa shape index (κ2) is 5.84. The first-order chi connectivity index (χ1) is 4.85. The average Bonchev–Trinajstić information content (AvgIpc) is 1.98. The van der Waals surface area contributed by atoms with Gasteiger partial charge in [0.1, 0.15) is 0 Å². The van der Waals surface area contributed by atoms with Crippen LogP contribution >= 0.6 is 0 Å². The molecule has 0 rings (SSSR count). The topological polar surface area (TPSA) is 67.8 Å². The van der Waals surface area contributed by atoms with Crippen LogP contribution in [-0.2, 0) is 4.79 Å². The molecule has 0 fully saturated rings. The summed E-state index contributed by atoms with van der Waals surface area (Å²) < 4.78 is 0. The van der Waals surface area contributed by atoms with Gasteiger partial charge in [0.15, 0.2) is 6.29 Å². The molecule has 0 atom stereocenters. The lowest BCUT2D eigenvalue weighted by molar-refractivity contribution is -0.104. The van der Waals surface area contributed by atoms with Crippen LogP contribution in [0.2, 0.25) is 0 Å². The minimum absolute atomic E-state index is 0.169. The van der Waals surface area contributed by atoms with E-state index in [4.69, 9.17) is 5.73 Å². The zero-order chi connectivity index (χ0) is 7.82. The molecule has 0 saturated heterocycles. The highest BCUT2D eigenvalue weighted by Crippen LogP contribution is 1.83. The summed E-state index contributed by atoms with van der Waals surface area (Å²) in [5, 5.41) is 0. The van der Waals surface area contributed by atoms with Gasteiger partial charge in [-0.2, -0.15) is 0 Å². The molecule has 0 amide bonds. The van der Waals surface area contributed by atoms with Crippen molar-refractivity contribution in [3.63, 3.8) is 0 Å². The number of hydrogen-bond acceptors (Lipinski definition) is 4. The molecule has 0 aromatic rings. The normalized spacial score (nSPS) is 11.9. The van der Waals surface area contributed by atoms with Gasteiger partial charge in [-0.1, -0.05) is 0 Å². The molecule has 0 aromatic heterocycles. The average molecular weight is 139 g/mol. The van der Waals surface area contributed by atoms with Crippen LogP contribution in [0.1, 0.15) is 0 Å². The molecular weight excluding hydrogens is 130 g/mol. The van der Waals surface area contributed by atoms with Crippen molar-refractivity contribution in [3.8, 4) is 0 Å². The van der Waals surface area contributed by atoms with Crippen molar-refractivity contribution in [2.75, 3.05) is 6.67 Å². The Morgan fingerprint density at radius 1 is 1.70 bits per heavy atom. The first-order valence-electron chi connectivity index (χ1n) is 2.66. The van der Waals surface area contributed by atoms with Gasteiger partial charge in [0.25, 0.3) is 0 Å². The Balaban J connectivity index is 4.07. The third-order valence-corrected chi connectivity index (χ3v) is 0.722. The molecule has 4 nitrogen and oxygen atoms in total. The number of nitrogens with zero attached hydrogens (tertiary/aromatic N) is 2. The van der Waals surface area contributed by atoms with E-state index < -0.39 is 0 Å². The molecule has 0 aliphatic rings. The van der Waals surface area contributed by atoms with E-state index in [9.17, 15) is 4.79 Å². The van der Waals surface area contributed by atoms with Gasteiger partial charge in [0, 0.05) is 12.4 Å². The van der Waals surface area contributed by atoms with Crippen molar-refractivity contribution in [1.29, 1.82) is 0 Å². The third kappa shape index (κ3) is 3.68. The Kier molecular flexibility index (Phi) is 5.09. The van der Waals surface area contributed by atoms with Crippen LogP contribution in [0.4, 0.5) is 0 Å². The number of aliphatic imine (C=N–C) groups is 2. The number of aldehydes is 1. The molecule has 0 radical (unpaired) electrons. The van der Waals surface area contributed by atoms with Gasteiger partial charge in [0.2, 0.25) is 0 Å². The van der Waals surface area contributed by atoms with E-state index in [0.717, 1.165) is 0 Å². The highest BCUT2D eigenvalue weighted by atomic mass is 16.1. The Labute approximate surface area is 59.2 Å². The zero-order valence-electron chi connectivity index (χ0n) is 5.53. The van der Waals surface area contributed by atoms with Gasteiger partial charge < -0.3 is 5.73 Å². The van der Waals surface area contributed by atoms with Crippen LogP contribution in [0.15, 0.2) is 21.8 Å². The molecule has 2 N–H and O–H groups in total. The highest BCUT2D eigenvalue weighted by molar-refractivity contribution is 6.01. The number of allylic oxidation sites excluding steroid dienone is 1. The van der Waals surface area contributed by atoms with Crippen molar-refractivity contribution < 1.29 is 4.79 Å². The maximum Gasteiger partial charge on any atom is 0.153 e. The van der Waals surface area contributed by atoms with Crippen LogP contribution in [0.5, 0.6) is 0 Å². The molecule has 10 heavy (non-hydrogen) atoms. The van der Waals surface area contributed by atoms with Crippen LogP contribution in [0, 0.1) is 0 Å². The molecule has 0 aliphatic heterocycles. The molecule has 0 unspecified atom stereocenters. The van der Waals surface area contributed by atoms with Crippen molar-refractivity contribution >= 4 is 19.2 Å². The van der Waals surface area contributed by atoms with E-state index in [0.29, 0.717) is 11.9 Å². The van der Waals surface area contributed by atoms with E-state index in [2.05, 4.69) is 16.7 Å². The molecule has 0 spiro atoms. The molecule has 4 heteroatoms. The maximum absolute atomic E-state index is 10.1. The first kappa shape index (κ1) is 8.71.